The molecule has 6 fully saturated rings. The molecule has 646 valence electrons. The van der Waals surface area contributed by atoms with Crippen LogP contribution in [-0.2, 0) is 46.2 Å². The Kier molecular flexibility index (Phi) is 24.9. The van der Waals surface area contributed by atoms with Crippen LogP contribution in [0, 0.1) is 28.6 Å². The summed E-state index contributed by atoms with van der Waals surface area (Å²) in [6.45, 7) is 23.7. The fourth-order valence-electron chi connectivity index (χ4n) is 22.7. The molecule has 15 atom stereocenters. The van der Waals surface area contributed by atoms with Gasteiger partial charge in [0.1, 0.15) is 41.0 Å². The van der Waals surface area contributed by atoms with Crippen molar-refractivity contribution in [3.8, 4) is 0 Å². The van der Waals surface area contributed by atoms with Crippen LogP contribution in [0.2, 0.25) is 57.4 Å². The number of carbonyl (C=O) groups excluding carboxylic acids is 4. The monoisotopic (exact) mass is 1730 g/mol. The number of aromatic nitrogens is 4. The summed E-state index contributed by atoms with van der Waals surface area (Å²) in [5.74, 6) is 3.46. The molecule has 17 rings (SSSR count). The maximum absolute atomic E-state index is 13.2. The summed E-state index contributed by atoms with van der Waals surface area (Å²) >= 11 is 3.18. The Hall–Kier alpha value is -6.48. The average Bonchev–Trinajstić information content (AvgIpc) is 1.52. The smallest absolute Gasteiger partial charge is 0.222 e. The van der Waals surface area contributed by atoms with Crippen LogP contribution < -0.4 is 0 Å². The molecule has 26 heteroatoms. The van der Waals surface area contributed by atoms with Crippen molar-refractivity contribution in [2.45, 2.75) is 301 Å². The molecule has 120 heavy (non-hydrogen) atoms. The first kappa shape index (κ1) is 88.4. The fourth-order valence-corrected chi connectivity index (χ4v) is 27.7. The lowest BCUT2D eigenvalue weighted by molar-refractivity contribution is -0.171. The molecule has 9 heterocycles. The number of hydrogen-bond acceptors (Lipinski definition) is 20. The number of nitrogens with zero attached hydrogens (tertiary/aromatic N) is 7. The number of carbonyl (C=O) groups is 4. The number of likely N-dealkylation sites (N-methyl/N-ethyl adjacent to an activating group) is 2. The summed E-state index contributed by atoms with van der Waals surface area (Å²) in [6, 6.07) is 18.6. The number of ether oxygens (including phenoxy) is 2. The number of aliphatic hydroxyl groups is 4. The minimum absolute atomic E-state index is 0.00373. The fraction of sp³-hybridized carbons (Fsp3) is 0.596. The van der Waals surface area contributed by atoms with Crippen LogP contribution in [0.3, 0.4) is 0 Å². The molecule has 4 aromatic heterocycles. The number of allylic oxidation sites excluding steroid dienone is 4. The van der Waals surface area contributed by atoms with E-state index in [1.54, 1.807) is 53.2 Å². The molecule has 3 saturated heterocycles. The molecule has 4 bridgehead atoms. The van der Waals surface area contributed by atoms with Crippen molar-refractivity contribution in [3.05, 3.63) is 166 Å². The number of hydrogen-bond donors (Lipinski definition) is 7. The van der Waals surface area contributed by atoms with Gasteiger partial charge in [0.15, 0.2) is 25.0 Å². The highest BCUT2D eigenvalue weighted by atomic mass is 32.2. The van der Waals surface area contributed by atoms with E-state index in [1.807, 2.05) is 81.2 Å². The van der Waals surface area contributed by atoms with Crippen molar-refractivity contribution in [1.82, 2.24) is 34.6 Å². The Balaban J connectivity index is 0.000000142. The van der Waals surface area contributed by atoms with Gasteiger partial charge in [-0.15, -0.1) is 23.1 Å². The maximum atomic E-state index is 13.2. The molecule has 3 saturated carbocycles. The summed E-state index contributed by atoms with van der Waals surface area (Å²) in [4.78, 5) is 105. The predicted molar refractivity (Wildman–Crippen MR) is 477 cm³/mol. The zero-order valence-corrected chi connectivity index (χ0v) is 77.2. The number of piperidine rings is 1. The van der Waals surface area contributed by atoms with Crippen molar-refractivity contribution < 1.29 is 67.9 Å². The lowest BCUT2D eigenvalue weighted by atomic mass is 9.58. The predicted octanol–water partition coefficient (Wildman–Crippen LogP) is 15.4. The molecule has 5 aliphatic heterocycles. The second-order valence-corrected chi connectivity index (χ2v) is 55.0. The molecule has 3 amide bonds. The summed E-state index contributed by atoms with van der Waals surface area (Å²) in [7, 11) is -3.07. The number of pyridine rings is 2. The van der Waals surface area contributed by atoms with E-state index in [9.17, 15) is 54.0 Å². The molecule has 11 aliphatic rings. The highest BCUT2D eigenvalue weighted by Gasteiger charge is 2.70. The molecule has 4 spiro atoms. The van der Waals surface area contributed by atoms with Crippen LogP contribution in [0.5, 0.6) is 0 Å². The number of Topliss-reactive ketones (excluding diaryl/α,β-unsaturated/α-hetero) is 1. The minimum atomic E-state index is -2.23. The first-order valence-electron chi connectivity index (χ1n) is 44.0. The number of oxazole rings is 1. The number of thioether (sulfide) groups is 1. The van der Waals surface area contributed by atoms with Crippen LogP contribution in [0.15, 0.2) is 147 Å². The van der Waals surface area contributed by atoms with Gasteiger partial charge in [0, 0.05) is 118 Å². The average molecular weight is 1730 g/mol. The number of likely N-dealkylation sites (tertiary alicyclic amines) is 1. The van der Waals surface area contributed by atoms with Gasteiger partial charge in [-0.1, -0.05) is 89.3 Å². The van der Waals surface area contributed by atoms with Crippen molar-refractivity contribution in [1.29, 1.82) is 0 Å². The van der Waals surface area contributed by atoms with Gasteiger partial charge in [-0.3, -0.25) is 29.1 Å². The highest BCUT2D eigenvalue weighted by molar-refractivity contribution is 8.00. The lowest BCUT2D eigenvalue weighted by Crippen LogP contribution is -2.63. The molecule has 0 unspecified atom stereocenters. The van der Waals surface area contributed by atoms with E-state index in [4.69, 9.17) is 13.9 Å². The van der Waals surface area contributed by atoms with Gasteiger partial charge in [-0.2, -0.15) is 0 Å². The van der Waals surface area contributed by atoms with Crippen LogP contribution >= 0.6 is 23.1 Å². The quantitative estimate of drug-likeness (QED) is 0.0245. The Morgan fingerprint density at radius 3 is 1.73 bits per heavy atom. The van der Waals surface area contributed by atoms with Crippen LogP contribution in [0.25, 0.3) is 27.1 Å². The molecule has 6 aromatic rings. The van der Waals surface area contributed by atoms with E-state index in [2.05, 4.69) is 127 Å². The largest absolute Gasteiger partial charge is 0.444 e. The van der Waals surface area contributed by atoms with E-state index in [0.717, 1.165) is 120 Å². The third-order valence-electron chi connectivity index (χ3n) is 29.4. The van der Waals surface area contributed by atoms with Crippen molar-refractivity contribution in [2.24, 2.45) is 28.6 Å². The van der Waals surface area contributed by atoms with Gasteiger partial charge < -0.3 is 63.4 Å². The molecular weight excluding hydrogens is 1600 g/mol. The third kappa shape index (κ3) is 17.4. The van der Waals surface area contributed by atoms with E-state index >= 15 is 0 Å². The summed E-state index contributed by atoms with van der Waals surface area (Å²) in [5.41, 5.74) is 5.47. The molecule has 6 aliphatic carbocycles. The number of amides is 3. The number of ketones is 1. The standard InChI is InChI=1S/C35H46N2O5Si.C35H44N2O5Si.C24H37N3O4S2Si/c2*1-33-13-11-25-19-27-31(39)32(40)28(37(2)30(38)6-5-17-43(3,4)41)20-34(27)14-15-35(25,42-34)29(33)10-9-26(33)23-8-7-22-12-16-36-21-24(22)18-23;1-24(2,3)19-14-25-20(31-19)16-32-23-15-26-21(33-23)13-18(28)17-8-10-27(11-9-17)22(29)7-6-12-34(4,5)30/h7-8,11-12,16,18-19,21,26,28-29,31-32,39-41H,5-6,9-10,13-15,17,20H2,1-4H3;7-9,11-12,16,18-19,21,28-29,31-32,39-41H,5-6,10,13-15,17,20H2,1-4H3;14-15,17,30H,6-13,16H2,1-5H3/t26-,28+,29-,31-,32-,33-,34-,35-;28-,29+,31+,32+,33+,34+,35+;/m10./s1. The molecular formula is C94H127N7O14S2Si3. The van der Waals surface area contributed by atoms with Crippen LogP contribution in [0.4, 0.5) is 0 Å². The summed E-state index contributed by atoms with van der Waals surface area (Å²) in [6.07, 6.45) is 32.3. The van der Waals surface area contributed by atoms with Crippen LogP contribution in [-0.4, -0.2) is 204 Å². The Morgan fingerprint density at radius 2 is 1.17 bits per heavy atom. The third-order valence-corrected chi connectivity index (χ3v) is 36.3. The van der Waals surface area contributed by atoms with Gasteiger partial charge in [-0.25, -0.2) is 9.97 Å². The molecule has 21 nitrogen and oxygen atoms in total. The Morgan fingerprint density at radius 1 is 0.625 bits per heavy atom. The zero-order valence-electron chi connectivity index (χ0n) is 72.6. The SMILES string of the molecule is CC(C)(C)c1cnc(CSc2cnc(CC(=O)C3CCN(C(=O)CCC[Si](C)(C)O)CC3)s2)o1.CN(C(=O)CCC[Si](C)(C)O)[C@H]1C[C@@]23CC[C@@]4(O2)C(=CC[C@]2(C)C(c5ccc6ccncc6c5)=CC[C@H]24)C=C3[C@@H](O)[C@@H]1O.CN(C(=O)CCC[Si](C)(C)O)[C@H]1C[C@@]23CC[C@@]4(O2)C(=CC[C@]2(C)[C@@H](c5ccc6ccncc6c5)CC[C@H]24)C=C3[C@@H](O)[C@@H]1O. The molecule has 2 aromatic carbocycles. The molecule has 7 N–H and O–H groups in total. The Labute approximate surface area is 719 Å². The van der Waals surface area contributed by atoms with Gasteiger partial charge >= 0.3 is 0 Å². The van der Waals surface area contributed by atoms with Gasteiger partial charge in [-0.05, 0) is 239 Å². The van der Waals surface area contributed by atoms with Crippen molar-refractivity contribution in [2.75, 3.05) is 27.2 Å². The maximum Gasteiger partial charge on any atom is 0.222 e. The minimum Gasteiger partial charge on any atom is -0.444 e. The highest BCUT2D eigenvalue weighted by Crippen LogP contribution is 2.71. The zero-order chi connectivity index (χ0) is 85.7. The van der Waals surface area contributed by atoms with Crippen molar-refractivity contribution >= 4 is 98.7 Å². The number of aliphatic hydroxyl groups excluding tert-OH is 4. The first-order chi connectivity index (χ1) is 56.6. The van der Waals surface area contributed by atoms with Crippen LogP contribution in [0.1, 0.15) is 190 Å². The van der Waals surface area contributed by atoms with Gasteiger partial charge in [0.05, 0.1) is 63.3 Å². The summed E-state index contributed by atoms with van der Waals surface area (Å²) in [5, 5.41) is 51.1. The van der Waals surface area contributed by atoms with E-state index in [1.165, 1.54) is 38.4 Å². The van der Waals surface area contributed by atoms with Gasteiger partial charge in [0.2, 0.25) is 23.6 Å². The molecule has 0 radical (unpaired) electrons. The van der Waals surface area contributed by atoms with E-state index < -0.39 is 83.9 Å². The van der Waals surface area contributed by atoms with Gasteiger partial charge in [0.25, 0.3) is 0 Å². The second kappa shape index (κ2) is 33.8. The number of benzene rings is 2. The number of thiazole rings is 1. The van der Waals surface area contributed by atoms with Crippen molar-refractivity contribution in [3.63, 3.8) is 0 Å². The Bertz CT molecular complexity index is 4930. The summed E-state index contributed by atoms with van der Waals surface area (Å²) < 4.78 is 21.5. The van der Waals surface area contributed by atoms with E-state index in [-0.39, 0.29) is 51.6 Å². The first-order valence-corrected chi connectivity index (χ1v) is 55.3. The normalized spacial score (nSPS) is 31.1. The van der Waals surface area contributed by atoms with E-state index in [0.29, 0.717) is 100 Å². The second-order valence-electron chi connectivity index (χ2n) is 40.3. The lowest BCUT2D eigenvalue weighted by Gasteiger charge is -2.56. The number of rotatable bonds is 22. The topological polar surface area (TPSA) is 303 Å². The number of fused-ring (bicyclic) bond motifs is 4.